The molecule has 1 aromatic heterocycles. The maximum Gasteiger partial charge on any atom is 0.257 e. The summed E-state index contributed by atoms with van der Waals surface area (Å²) in [6.45, 7) is 1.17. The predicted octanol–water partition coefficient (Wildman–Crippen LogP) is 3.35. The van der Waals surface area contributed by atoms with E-state index in [1.807, 2.05) is 0 Å². The summed E-state index contributed by atoms with van der Waals surface area (Å²) in [5, 5.41) is 0. The molecule has 1 saturated carbocycles. The third-order valence-electron chi connectivity index (χ3n) is 6.70. The minimum Gasteiger partial charge on any atom is -1.00 e. The van der Waals surface area contributed by atoms with E-state index in [4.69, 9.17) is 0 Å². The molecular weight excluding hydrogens is 420 g/mol. The van der Waals surface area contributed by atoms with Crippen molar-refractivity contribution < 1.29 is 21.5 Å². The number of hydrogen-bond donors (Lipinski definition) is 0. The summed E-state index contributed by atoms with van der Waals surface area (Å²) in [6.07, 6.45) is 14.6. The molecule has 1 fully saturated rings. The largest absolute Gasteiger partial charge is 1.00 e. The lowest BCUT2D eigenvalue weighted by molar-refractivity contribution is -0.731. The van der Waals surface area contributed by atoms with E-state index in [2.05, 4.69) is 69.9 Å². The zero-order chi connectivity index (χ0) is 18.8. The van der Waals surface area contributed by atoms with Crippen LogP contribution in [0, 0.1) is 0 Å². The highest BCUT2D eigenvalue weighted by Crippen LogP contribution is 2.30. The molecule has 0 radical (unpaired) electrons. The summed E-state index contributed by atoms with van der Waals surface area (Å²) < 4.78 is 5.31. The zero-order valence-electron chi connectivity index (χ0n) is 17.2. The molecule has 0 N–H and O–H groups in total. The molecule has 2 aromatic carbocycles. The van der Waals surface area contributed by atoms with E-state index in [1.165, 1.54) is 86.7 Å². The third-order valence-corrected chi connectivity index (χ3v) is 6.70. The second-order valence-electron chi connectivity index (χ2n) is 8.54. The Morgan fingerprint density at radius 3 is 2.10 bits per heavy atom. The van der Waals surface area contributed by atoms with Gasteiger partial charge < -0.3 is 17.0 Å². The van der Waals surface area contributed by atoms with Gasteiger partial charge in [0.05, 0.1) is 6.54 Å². The molecule has 0 saturated heterocycles. The number of benzene rings is 2. The van der Waals surface area contributed by atoms with Gasteiger partial charge in [-0.25, -0.2) is 9.13 Å². The van der Waals surface area contributed by atoms with Crippen LogP contribution in [0.2, 0.25) is 0 Å². The van der Waals surface area contributed by atoms with Crippen LogP contribution in [0.4, 0.5) is 0 Å². The van der Waals surface area contributed by atoms with Crippen molar-refractivity contribution in [2.75, 3.05) is 0 Å². The lowest BCUT2D eigenvalue weighted by atomic mass is 9.95. The molecule has 29 heavy (non-hydrogen) atoms. The van der Waals surface area contributed by atoms with Gasteiger partial charge in [-0.2, -0.15) is 0 Å². The number of aromatic nitrogens is 2. The monoisotopic (exact) mass is 450 g/mol. The molecule has 3 heteroatoms. The van der Waals surface area contributed by atoms with Crippen LogP contribution in [0.25, 0.3) is 22.4 Å². The fourth-order valence-electron chi connectivity index (χ4n) is 5.17. The van der Waals surface area contributed by atoms with E-state index in [0.29, 0.717) is 6.04 Å². The molecule has 1 aliphatic carbocycles. The lowest BCUT2D eigenvalue weighted by Crippen LogP contribution is -3.00. The smallest absolute Gasteiger partial charge is 0.257 e. The summed E-state index contributed by atoms with van der Waals surface area (Å²) in [5.41, 5.74) is 5.37. The first-order valence-corrected chi connectivity index (χ1v) is 11.2. The van der Waals surface area contributed by atoms with Gasteiger partial charge in [0.1, 0.15) is 12.2 Å². The van der Waals surface area contributed by atoms with Crippen LogP contribution in [0.5, 0.6) is 0 Å². The average molecular weight is 451 g/mol. The van der Waals surface area contributed by atoms with E-state index in [-0.39, 0.29) is 17.0 Å². The van der Waals surface area contributed by atoms with Crippen LogP contribution >= 0.6 is 0 Å². The standard InChI is InChI=1S/C26H31N2.BrH/c1-4-10-21(11-5-1)22-15-17-23(18-16-22)25-20-28(24-12-6-2-7-13-24)26-14-8-3-9-19-27(25)26;/h1,4-5,10-11,15-18,20,24H,2-3,6-9,12-14,19H2;1H/q+1;/p-1. The molecule has 0 spiro atoms. The molecule has 2 heterocycles. The van der Waals surface area contributed by atoms with Crippen LogP contribution < -0.4 is 21.5 Å². The molecule has 2 aliphatic rings. The predicted molar refractivity (Wildman–Crippen MR) is 115 cm³/mol. The highest BCUT2D eigenvalue weighted by atomic mass is 79.9. The van der Waals surface area contributed by atoms with Crippen molar-refractivity contribution in [2.24, 2.45) is 0 Å². The van der Waals surface area contributed by atoms with Crippen molar-refractivity contribution in [1.82, 2.24) is 4.57 Å². The molecule has 0 bridgehead atoms. The van der Waals surface area contributed by atoms with Gasteiger partial charge in [0.2, 0.25) is 0 Å². The molecule has 3 aromatic rings. The Kier molecular flexibility index (Phi) is 6.54. The second kappa shape index (κ2) is 9.30. The topological polar surface area (TPSA) is 8.81 Å². The van der Waals surface area contributed by atoms with E-state index >= 15 is 0 Å². The van der Waals surface area contributed by atoms with Gasteiger partial charge >= 0.3 is 0 Å². The van der Waals surface area contributed by atoms with E-state index in [0.717, 1.165) is 0 Å². The summed E-state index contributed by atoms with van der Waals surface area (Å²) in [6, 6.07) is 20.6. The van der Waals surface area contributed by atoms with E-state index in [1.54, 1.807) is 5.82 Å². The molecule has 5 rings (SSSR count). The number of rotatable bonds is 3. The third kappa shape index (κ3) is 4.21. The number of hydrogen-bond acceptors (Lipinski definition) is 0. The second-order valence-corrected chi connectivity index (χ2v) is 8.54. The van der Waals surface area contributed by atoms with E-state index < -0.39 is 0 Å². The van der Waals surface area contributed by atoms with Crippen LogP contribution in [-0.2, 0) is 13.0 Å². The fraction of sp³-hybridized carbons (Fsp3) is 0.423. The van der Waals surface area contributed by atoms with Gasteiger partial charge in [-0.15, -0.1) is 0 Å². The van der Waals surface area contributed by atoms with Gasteiger partial charge in [-0.3, -0.25) is 0 Å². The van der Waals surface area contributed by atoms with Crippen molar-refractivity contribution in [3.8, 4) is 22.4 Å². The van der Waals surface area contributed by atoms with Gasteiger partial charge in [0.15, 0.2) is 5.69 Å². The number of imidazole rings is 1. The summed E-state index contributed by atoms with van der Waals surface area (Å²) in [5.74, 6) is 1.58. The quantitative estimate of drug-likeness (QED) is 0.541. The SMILES string of the molecule is [Br-].c1ccc(-c2ccc(-c3c[n+](C4CCCCC4)c4n3CCCCC4)cc2)cc1. The number of nitrogens with zero attached hydrogens (tertiary/aromatic N) is 2. The van der Waals surface area contributed by atoms with Crippen LogP contribution in [-0.4, -0.2) is 4.57 Å². The Balaban J connectivity index is 0.00000205. The summed E-state index contributed by atoms with van der Waals surface area (Å²) >= 11 is 0. The van der Waals surface area contributed by atoms with Crippen LogP contribution in [0.3, 0.4) is 0 Å². The van der Waals surface area contributed by atoms with Gasteiger partial charge in [-0.1, -0.05) is 48.9 Å². The first-order valence-electron chi connectivity index (χ1n) is 11.2. The Morgan fingerprint density at radius 1 is 0.690 bits per heavy atom. The molecule has 152 valence electrons. The number of fused-ring (bicyclic) bond motifs is 1. The first-order chi connectivity index (χ1) is 13.9. The number of halogens is 1. The van der Waals surface area contributed by atoms with Gasteiger partial charge in [0, 0.05) is 12.0 Å². The Bertz CT molecular complexity index is 921. The molecule has 2 nitrogen and oxygen atoms in total. The van der Waals surface area contributed by atoms with Crippen molar-refractivity contribution in [1.29, 1.82) is 0 Å². The Morgan fingerprint density at radius 2 is 1.34 bits per heavy atom. The highest BCUT2D eigenvalue weighted by Gasteiger charge is 2.30. The van der Waals surface area contributed by atoms with Crippen molar-refractivity contribution in [2.45, 2.75) is 70.4 Å². The maximum absolute atomic E-state index is 2.67. The molecule has 0 amide bonds. The van der Waals surface area contributed by atoms with E-state index in [9.17, 15) is 0 Å². The van der Waals surface area contributed by atoms with Crippen molar-refractivity contribution >= 4 is 0 Å². The minimum absolute atomic E-state index is 0. The molecule has 1 aliphatic heterocycles. The maximum atomic E-state index is 2.67. The van der Waals surface area contributed by atoms with Crippen molar-refractivity contribution in [3.63, 3.8) is 0 Å². The molecular formula is C26H31BrN2. The van der Waals surface area contributed by atoms with Crippen molar-refractivity contribution in [3.05, 3.63) is 66.6 Å². The molecule has 0 atom stereocenters. The normalized spacial score (nSPS) is 17.2. The Hall–Kier alpha value is -1.87. The van der Waals surface area contributed by atoms with Gasteiger partial charge in [0.25, 0.3) is 5.82 Å². The lowest BCUT2D eigenvalue weighted by Gasteiger charge is -2.20. The summed E-state index contributed by atoms with van der Waals surface area (Å²) in [7, 11) is 0. The minimum atomic E-state index is 0. The summed E-state index contributed by atoms with van der Waals surface area (Å²) in [4.78, 5) is 0. The zero-order valence-corrected chi connectivity index (χ0v) is 18.8. The average Bonchev–Trinajstić information content (AvgIpc) is 2.96. The highest BCUT2D eigenvalue weighted by molar-refractivity contribution is 5.68. The van der Waals surface area contributed by atoms with Crippen LogP contribution in [0.1, 0.15) is 63.2 Å². The fourth-order valence-corrected chi connectivity index (χ4v) is 5.17. The van der Waals surface area contributed by atoms with Gasteiger partial charge in [-0.05, 0) is 68.2 Å². The Labute approximate surface area is 185 Å². The molecule has 0 unspecified atom stereocenters. The van der Waals surface area contributed by atoms with Crippen LogP contribution in [0.15, 0.2) is 60.8 Å². The first kappa shape index (κ1) is 20.4.